The smallest absolute Gasteiger partial charge is 0.241 e. The van der Waals surface area contributed by atoms with Gasteiger partial charge in [0.25, 0.3) is 0 Å². The van der Waals surface area contributed by atoms with Crippen LogP contribution in [0.3, 0.4) is 0 Å². The van der Waals surface area contributed by atoms with Crippen molar-refractivity contribution >= 4 is 17.3 Å². The number of amides is 1. The Balaban J connectivity index is 1.56. The number of anilines is 1. The second kappa shape index (κ2) is 7.00. The maximum absolute atomic E-state index is 12.5. The molecule has 6 nitrogen and oxygen atoms in total. The Bertz CT molecular complexity index is 603. The number of hydrogen-bond acceptors (Lipinski definition) is 5. The number of oxime groups is 1. The van der Waals surface area contributed by atoms with Gasteiger partial charge in [0.15, 0.2) is 0 Å². The van der Waals surface area contributed by atoms with E-state index in [-0.39, 0.29) is 12.0 Å². The summed E-state index contributed by atoms with van der Waals surface area (Å²) in [5, 5.41) is 4.08. The highest BCUT2D eigenvalue weighted by atomic mass is 16.6. The highest BCUT2D eigenvalue weighted by Gasteiger charge is 2.29. The number of ether oxygens (including phenoxy) is 1. The summed E-state index contributed by atoms with van der Waals surface area (Å²) in [4.78, 5) is 21.9. The minimum Gasteiger partial charge on any atom is -0.497 e. The number of rotatable bonds is 5. The van der Waals surface area contributed by atoms with Gasteiger partial charge < -0.3 is 14.5 Å². The lowest BCUT2D eigenvalue weighted by Crippen LogP contribution is -2.52. The van der Waals surface area contributed by atoms with Gasteiger partial charge in [0.2, 0.25) is 5.91 Å². The van der Waals surface area contributed by atoms with Crippen LogP contribution in [0.15, 0.2) is 29.4 Å². The molecule has 2 heterocycles. The largest absolute Gasteiger partial charge is 0.497 e. The number of carbonyl (C=O) groups excluding carboxylic acids is 1. The Kier molecular flexibility index (Phi) is 4.81. The average molecular weight is 317 g/mol. The van der Waals surface area contributed by atoms with Crippen LogP contribution in [-0.4, -0.2) is 55.9 Å². The van der Waals surface area contributed by atoms with E-state index in [0.717, 1.165) is 43.1 Å². The number of methoxy groups -OCH3 is 1. The second-order valence-electron chi connectivity index (χ2n) is 5.92. The summed E-state index contributed by atoms with van der Waals surface area (Å²) in [7, 11) is 1.63. The predicted octanol–water partition coefficient (Wildman–Crippen LogP) is 1.90. The van der Waals surface area contributed by atoms with Crippen LogP contribution in [0.25, 0.3) is 0 Å². The van der Waals surface area contributed by atoms with E-state index in [1.807, 2.05) is 29.2 Å². The molecule has 0 N–H and O–H groups in total. The highest BCUT2D eigenvalue weighted by Crippen LogP contribution is 2.23. The van der Waals surface area contributed by atoms with E-state index in [4.69, 9.17) is 9.57 Å². The number of hydrogen-bond donors (Lipinski definition) is 0. The first-order valence-corrected chi connectivity index (χ1v) is 8.08. The number of piperazine rings is 1. The molecule has 1 aromatic rings. The maximum atomic E-state index is 12.5. The molecule has 3 rings (SSSR count). The number of nitrogens with zero attached hydrogens (tertiary/aromatic N) is 3. The van der Waals surface area contributed by atoms with Crippen molar-refractivity contribution in [3.8, 4) is 5.75 Å². The van der Waals surface area contributed by atoms with Crippen molar-refractivity contribution in [3.05, 3.63) is 24.3 Å². The van der Waals surface area contributed by atoms with Crippen LogP contribution in [0.1, 0.15) is 19.8 Å². The molecule has 1 aromatic carbocycles. The molecule has 1 atom stereocenters. The Morgan fingerprint density at radius 3 is 2.96 bits per heavy atom. The molecule has 1 amide bonds. The molecule has 124 valence electrons. The molecule has 0 saturated carbocycles. The van der Waals surface area contributed by atoms with Gasteiger partial charge in [0, 0.05) is 37.8 Å². The molecule has 2 aliphatic rings. The highest BCUT2D eigenvalue weighted by molar-refractivity contribution is 5.95. The van der Waals surface area contributed by atoms with Crippen LogP contribution in [0.2, 0.25) is 0 Å². The molecular weight excluding hydrogens is 294 g/mol. The summed E-state index contributed by atoms with van der Waals surface area (Å²) < 4.78 is 5.23. The standard InChI is InChI=1S/C17H23N3O3/c1-3-13-9-16(23-18-13)11-19-7-8-20(17(21)12-19)14-5-4-6-15(10-14)22-2/h4-6,10,16H,3,7-9,11-12H2,1-2H3/t16-/m0/s1. The van der Waals surface area contributed by atoms with Crippen LogP contribution < -0.4 is 9.64 Å². The number of carbonyl (C=O) groups is 1. The van der Waals surface area contributed by atoms with E-state index in [9.17, 15) is 4.79 Å². The minimum atomic E-state index is 0.0844. The summed E-state index contributed by atoms with van der Waals surface area (Å²) in [5.41, 5.74) is 2.00. The quantitative estimate of drug-likeness (QED) is 0.832. The lowest BCUT2D eigenvalue weighted by atomic mass is 10.1. The van der Waals surface area contributed by atoms with Crippen molar-refractivity contribution in [2.24, 2.45) is 5.16 Å². The van der Waals surface area contributed by atoms with Crippen molar-refractivity contribution in [1.82, 2.24) is 4.90 Å². The fourth-order valence-electron chi connectivity index (χ4n) is 3.01. The van der Waals surface area contributed by atoms with E-state index in [0.29, 0.717) is 13.1 Å². The van der Waals surface area contributed by atoms with E-state index < -0.39 is 0 Å². The molecular formula is C17H23N3O3. The van der Waals surface area contributed by atoms with Crippen LogP contribution in [-0.2, 0) is 9.63 Å². The van der Waals surface area contributed by atoms with Crippen molar-refractivity contribution < 1.29 is 14.4 Å². The predicted molar refractivity (Wildman–Crippen MR) is 89.0 cm³/mol. The average Bonchev–Trinajstić information content (AvgIpc) is 3.02. The van der Waals surface area contributed by atoms with Gasteiger partial charge in [-0.2, -0.15) is 0 Å². The monoisotopic (exact) mass is 317 g/mol. The van der Waals surface area contributed by atoms with E-state index >= 15 is 0 Å². The van der Waals surface area contributed by atoms with Crippen molar-refractivity contribution in [1.29, 1.82) is 0 Å². The van der Waals surface area contributed by atoms with Crippen LogP contribution >= 0.6 is 0 Å². The summed E-state index contributed by atoms with van der Waals surface area (Å²) in [5.74, 6) is 0.875. The van der Waals surface area contributed by atoms with Crippen molar-refractivity contribution in [3.63, 3.8) is 0 Å². The molecule has 0 bridgehead atoms. The summed E-state index contributed by atoms with van der Waals surface area (Å²) in [6, 6.07) is 7.63. The number of benzene rings is 1. The molecule has 0 aliphatic carbocycles. The Hall–Kier alpha value is -2.08. The third kappa shape index (κ3) is 3.64. The molecule has 2 aliphatic heterocycles. The summed E-state index contributed by atoms with van der Waals surface area (Å²) >= 11 is 0. The molecule has 0 spiro atoms. The van der Waals surface area contributed by atoms with Gasteiger partial charge in [-0.25, -0.2) is 0 Å². The van der Waals surface area contributed by atoms with Gasteiger partial charge >= 0.3 is 0 Å². The second-order valence-corrected chi connectivity index (χ2v) is 5.92. The molecule has 1 fully saturated rings. The van der Waals surface area contributed by atoms with Gasteiger partial charge in [-0.1, -0.05) is 18.1 Å². The van der Waals surface area contributed by atoms with Crippen LogP contribution in [0.5, 0.6) is 5.75 Å². The van der Waals surface area contributed by atoms with Gasteiger partial charge in [-0.3, -0.25) is 9.69 Å². The Morgan fingerprint density at radius 1 is 1.39 bits per heavy atom. The third-order valence-electron chi connectivity index (χ3n) is 4.33. The summed E-state index contributed by atoms with van der Waals surface area (Å²) in [6.07, 6.45) is 1.89. The van der Waals surface area contributed by atoms with Crippen molar-refractivity contribution in [2.75, 3.05) is 38.2 Å². The van der Waals surface area contributed by atoms with Gasteiger partial charge in [-0.15, -0.1) is 0 Å². The molecule has 0 aromatic heterocycles. The third-order valence-corrected chi connectivity index (χ3v) is 4.33. The lowest BCUT2D eigenvalue weighted by molar-refractivity contribution is -0.121. The SMILES string of the molecule is CCC1=NO[C@H](CN2CCN(c3cccc(OC)c3)C(=O)C2)C1. The van der Waals surface area contributed by atoms with E-state index in [2.05, 4.69) is 17.0 Å². The van der Waals surface area contributed by atoms with Crippen molar-refractivity contribution in [2.45, 2.75) is 25.9 Å². The van der Waals surface area contributed by atoms with Crippen LogP contribution in [0.4, 0.5) is 5.69 Å². The van der Waals surface area contributed by atoms with Gasteiger partial charge in [-0.05, 0) is 18.6 Å². The Labute approximate surface area is 136 Å². The first-order valence-electron chi connectivity index (χ1n) is 8.08. The zero-order valence-electron chi connectivity index (χ0n) is 13.7. The fourth-order valence-corrected chi connectivity index (χ4v) is 3.01. The normalized spacial score (nSPS) is 22.0. The minimum absolute atomic E-state index is 0.0844. The molecule has 6 heteroatoms. The van der Waals surface area contributed by atoms with Crippen LogP contribution in [0, 0.1) is 0 Å². The fraction of sp³-hybridized carbons (Fsp3) is 0.529. The molecule has 23 heavy (non-hydrogen) atoms. The zero-order chi connectivity index (χ0) is 16.2. The zero-order valence-corrected chi connectivity index (χ0v) is 13.7. The van der Waals surface area contributed by atoms with E-state index in [1.165, 1.54) is 0 Å². The van der Waals surface area contributed by atoms with Gasteiger partial charge in [0.1, 0.15) is 11.9 Å². The first kappa shape index (κ1) is 15.8. The topological polar surface area (TPSA) is 54.4 Å². The maximum Gasteiger partial charge on any atom is 0.241 e. The van der Waals surface area contributed by atoms with E-state index in [1.54, 1.807) is 7.11 Å². The lowest BCUT2D eigenvalue weighted by Gasteiger charge is -2.35. The van der Waals surface area contributed by atoms with Gasteiger partial charge in [0.05, 0.1) is 19.4 Å². The summed E-state index contributed by atoms with van der Waals surface area (Å²) in [6.45, 7) is 4.77. The molecule has 0 radical (unpaired) electrons. The first-order chi connectivity index (χ1) is 11.2. The molecule has 0 unspecified atom stereocenters. The Morgan fingerprint density at radius 2 is 2.26 bits per heavy atom. The molecule has 1 saturated heterocycles.